The zero-order valence-electron chi connectivity index (χ0n) is 22.1. The van der Waals surface area contributed by atoms with Gasteiger partial charge in [-0.05, 0) is 97.1 Å². The number of hydrogen-bond acceptors (Lipinski definition) is 5. The van der Waals surface area contributed by atoms with E-state index in [0.29, 0.717) is 5.11 Å². The summed E-state index contributed by atoms with van der Waals surface area (Å²) in [6.45, 7) is 0. The normalized spacial score (nSPS) is 16.4. The van der Waals surface area contributed by atoms with Crippen LogP contribution in [-0.2, 0) is 0 Å². The fourth-order valence-electron chi connectivity index (χ4n) is 5.07. The van der Waals surface area contributed by atoms with Crippen molar-refractivity contribution in [1.29, 1.82) is 0 Å². The Morgan fingerprint density at radius 3 is 2.15 bits per heavy atom. The molecule has 0 spiro atoms. The third kappa shape index (κ3) is 4.85. The second-order valence-corrected chi connectivity index (χ2v) is 9.63. The predicted octanol–water partition coefficient (Wildman–Crippen LogP) is 6.86. The van der Waals surface area contributed by atoms with Gasteiger partial charge < -0.3 is 29.0 Å². The molecule has 7 nitrogen and oxygen atoms in total. The number of pyridine rings is 1. The highest BCUT2D eigenvalue weighted by atomic mass is 32.1. The van der Waals surface area contributed by atoms with Gasteiger partial charge in [0.1, 0.15) is 29.0 Å². The Labute approximate surface area is 238 Å². The number of thiocarbonyl (C=S) groups is 1. The highest BCUT2D eigenvalue weighted by Gasteiger charge is 2.42. The molecule has 200 valence electrons. The molecule has 0 aliphatic carbocycles. The molecule has 1 aliphatic rings. The van der Waals surface area contributed by atoms with Crippen molar-refractivity contribution in [2.45, 2.75) is 12.1 Å². The second-order valence-electron chi connectivity index (χ2n) is 9.24. The summed E-state index contributed by atoms with van der Waals surface area (Å²) < 4.78 is 19.2. The molecular weight excluding hydrogens is 520 g/mol. The molecular formula is C32H28N4O3S. The lowest BCUT2D eigenvalue weighted by Crippen LogP contribution is -2.30. The highest BCUT2D eigenvalue weighted by molar-refractivity contribution is 7.80. The van der Waals surface area contributed by atoms with Gasteiger partial charge in [0.05, 0.1) is 31.6 Å². The second kappa shape index (κ2) is 11.1. The fraction of sp³-hybridized carbons (Fsp3) is 0.125. The molecule has 0 radical (unpaired) electrons. The van der Waals surface area contributed by atoms with Crippen molar-refractivity contribution in [1.82, 2.24) is 14.9 Å². The lowest BCUT2D eigenvalue weighted by molar-refractivity contribution is 0.412. The zero-order chi connectivity index (χ0) is 27.5. The molecule has 1 N–H and O–H groups in total. The molecule has 40 heavy (non-hydrogen) atoms. The summed E-state index contributed by atoms with van der Waals surface area (Å²) in [7, 11) is 3.33. The van der Waals surface area contributed by atoms with Gasteiger partial charge in [0.15, 0.2) is 5.11 Å². The van der Waals surface area contributed by atoms with Crippen LogP contribution in [0.1, 0.15) is 23.5 Å². The molecule has 0 saturated carbocycles. The average molecular weight is 549 g/mol. The van der Waals surface area contributed by atoms with Crippen LogP contribution in [0.5, 0.6) is 23.0 Å². The van der Waals surface area contributed by atoms with Crippen molar-refractivity contribution < 1.29 is 14.2 Å². The zero-order valence-corrected chi connectivity index (χ0v) is 22.9. The predicted molar refractivity (Wildman–Crippen MR) is 160 cm³/mol. The third-order valence-corrected chi connectivity index (χ3v) is 7.25. The molecule has 1 saturated heterocycles. The molecule has 2 aromatic heterocycles. The molecule has 5 aromatic rings. The minimum absolute atomic E-state index is 0.174. The number of aromatic nitrogens is 2. The van der Waals surface area contributed by atoms with Crippen molar-refractivity contribution in [3.63, 3.8) is 0 Å². The minimum Gasteiger partial charge on any atom is -0.497 e. The Balaban J connectivity index is 1.38. The lowest BCUT2D eigenvalue weighted by Gasteiger charge is -2.29. The van der Waals surface area contributed by atoms with Gasteiger partial charge in [0, 0.05) is 23.8 Å². The monoisotopic (exact) mass is 548 g/mol. The van der Waals surface area contributed by atoms with Crippen LogP contribution in [0.25, 0.3) is 5.69 Å². The molecule has 6 rings (SSSR count). The van der Waals surface area contributed by atoms with E-state index in [1.807, 2.05) is 103 Å². The number of nitrogens with zero attached hydrogens (tertiary/aromatic N) is 3. The van der Waals surface area contributed by atoms with Gasteiger partial charge in [0.25, 0.3) is 0 Å². The molecule has 1 aliphatic heterocycles. The van der Waals surface area contributed by atoms with E-state index >= 15 is 0 Å². The largest absolute Gasteiger partial charge is 0.497 e. The van der Waals surface area contributed by atoms with E-state index in [-0.39, 0.29) is 12.1 Å². The van der Waals surface area contributed by atoms with Crippen LogP contribution in [0.15, 0.2) is 116 Å². The summed E-state index contributed by atoms with van der Waals surface area (Å²) in [6, 6.07) is 33.2. The molecule has 0 amide bonds. The highest BCUT2D eigenvalue weighted by Crippen LogP contribution is 2.43. The van der Waals surface area contributed by atoms with Crippen LogP contribution >= 0.6 is 12.2 Å². The van der Waals surface area contributed by atoms with Crippen LogP contribution in [-0.4, -0.2) is 28.9 Å². The van der Waals surface area contributed by atoms with Crippen LogP contribution in [0.4, 0.5) is 5.69 Å². The quantitative estimate of drug-likeness (QED) is 0.213. The van der Waals surface area contributed by atoms with Gasteiger partial charge in [-0.15, -0.1) is 0 Å². The first-order chi connectivity index (χ1) is 19.7. The van der Waals surface area contributed by atoms with Gasteiger partial charge >= 0.3 is 0 Å². The van der Waals surface area contributed by atoms with Gasteiger partial charge in [-0.1, -0.05) is 18.2 Å². The molecule has 0 bridgehead atoms. The summed E-state index contributed by atoms with van der Waals surface area (Å²) in [4.78, 5) is 6.83. The maximum Gasteiger partial charge on any atom is 0.174 e. The number of ether oxygens (including phenoxy) is 3. The summed E-state index contributed by atoms with van der Waals surface area (Å²) in [6.07, 6.45) is 3.86. The van der Waals surface area contributed by atoms with E-state index in [1.165, 1.54) is 0 Å². The van der Waals surface area contributed by atoms with E-state index in [2.05, 4.69) is 31.9 Å². The first-order valence-corrected chi connectivity index (χ1v) is 13.3. The van der Waals surface area contributed by atoms with Crippen molar-refractivity contribution in [2.75, 3.05) is 19.1 Å². The van der Waals surface area contributed by atoms with E-state index < -0.39 is 0 Å². The Bertz CT molecular complexity index is 1600. The van der Waals surface area contributed by atoms with E-state index in [0.717, 1.165) is 45.8 Å². The molecule has 1 fully saturated rings. The Morgan fingerprint density at radius 2 is 1.45 bits per heavy atom. The van der Waals surface area contributed by atoms with Crippen molar-refractivity contribution in [3.8, 4) is 28.7 Å². The summed E-state index contributed by atoms with van der Waals surface area (Å²) in [5.74, 6) is 3.02. The SMILES string of the molecule is COc1ccc(Oc2ccc(N3C(=S)NC(c4ccccn4)C3c3cccn3-c3ccccc3OC)cc2)cc1. The van der Waals surface area contributed by atoms with Gasteiger partial charge in [-0.3, -0.25) is 4.98 Å². The maximum atomic E-state index is 6.06. The number of methoxy groups -OCH3 is 2. The molecule has 3 aromatic carbocycles. The molecule has 8 heteroatoms. The molecule has 2 unspecified atom stereocenters. The van der Waals surface area contributed by atoms with Crippen LogP contribution in [0.3, 0.4) is 0 Å². The Kier molecular flexibility index (Phi) is 7.08. The number of rotatable bonds is 8. The average Bonchev–Trinajstić information content (AvgIpc) is 3.62. The van der Waals surface area contributed by atoms with Crippen LogP contribution in [0.2, 0.25) is 0 Å². The minimum atomic E-state index is -0.185. The smallest absolute Gasteiger partial charge is 0.174 e. The third-order valence-electron chi connectivity index (χ3n) is 6.94. The first-order valence-electron chi connectivity index (χ1n) is 12.9. The van der Waals surface area contributed by atoms with E-state index in [1.54, 1.807) is 14.2 Å². The Hall–Kier alpha value is -4.82. The summed E-state index contributed by atoms with van der Waals surface area (Å²) >= 11 is 5.93. The number of para-hydroxylation sites is 2. The van der Waals surface area contributed by atoms with Crippen molar-refractivity contribution >= 4 is 23.0 Å². The number of hydrogen-bond donors (Lipinski definition) is 1. The topological polar surface area (TPSA) is 60.8 Å². The first kappa shape index (κ1) is 25.5. The summed E-state index contributed by atoms with van der Waals surface area (Å²) in [5, 5.41) is 4.16. The number of nitrogens with one attached hydrogen (secondary N) is 1. The van der Waals surface area contributed by atoms with E-state index in [9.17, 15) is 0 Å². The van der Waals surface area contributed by atoms with Gasteiger partial charge in [-0.2, -0.15) is 0 Å². The molecule has 2 atom stereocenters. The number of benzene rings is 3. The van der Waals surface area contributed by atoms with Gasteiger partial charge in [-0.25, -0.2) is 0 Å². The maximum absolute atomic E-state index is 6.06. The standard InChI is InChI=1S/C32H28N4O3S/c1-37-23-16-18-25(19-17-23)39-24-14-12-22(13-15-24)36-31(30(34-32(36)40)26-8-5-6-20-33-26)28-10-7-21-35(28)27-9-3-4-11-29(27)38-2/h3-21,30-31H,1-2H3,(H,34,40). The van der Waals surface area contributed by atoms with Crippen molar-refractivity contribution in [2.24, 2.45) is 0 Å². The van der Waals surface area contributed by atoms with E-state index in [4.69, 9.17) is 26.4 Å². The number of anilines is 1. The van der Waals surface area contributed by atoms with Gasteiger partial charge in [0.2, 0.25) is 0 Å². The molecule has 3 heterocycles. The fourth-order valence-corrected chi connectivity index (χ4v) is 5.42. The lowest BCUT2D eigenvalue weighted by atomic mass is 10.0. The van der Waals surface area contributed by atoms with Crippen molar-refractivity contribution in [3.05, 3.63) is 127 Å². The Morgan fingerprint density at radius 1 is 0.750 bits per heavy atom. The summed E-state index contributed by atoms with van der Waals surface area (Å²) in [5.41, 5.74) is 3.84. The van der Waals surface area contributed by atoms with Crippen LogP contribution in [0, 0.1) is 0 Å². The van der Waals surface area contributed by atoms with Crippen LogP contribution < -0.4 is 24.4 Å².